The summed E-state index contributed by atoms with van der Waals surface area (Å²) in [6, 6.07) is 82.9. The van der Waals surface area contributed by atoms with Crippen LogP contribution in [0.5, 0.6) is 11.5 Å². The molecule has 0 saturated carbocycles. The molecule has 0 fully saturated rings. The third-order valence-corrected chi connectivity index (χ3v) is 15.1. The Kier molecular flexibility index (Phi) is 7.51. The molecule has 2 nitrogen and oxygen atoms in total. The molecule has 11 aromatic rings. The highest BCUT2D eigenvalue weighted by Gasteiger charge is 2.50. The lowest BCUT2D eigenvalue weighted by molar-refractivity contribution is 0.488. The summed E-state index contributed by atoms with van der Waals surface area (Å²) in [6.45, 7) is 0. The van der Waals surface area contributed by atoms with Crippen LogP contribution in [-0.2, 0) is 5.41 Å². The van der Waals surface area contributed by atoms with Gasteiger partial charge in [-0.25, -0.2) is 0 Å². The molecule has 3 heteroatoms. The van der Waals surface area contributed by atoms with Gasteiger partial charge in [-0.05, 0) is 116 Å². The minimum atomic E-state index is -0.585. The van der Waals surface area contributed by atoms with E-state index in [1.165, 1.54) is 75.8 Å². The average Bonchev–Trinajstić information content (AvgIpc) is 3.80. The second kappa shape index (κ2) is 13.5. The first kappa shape index (κ1) is 35.6. The molecule has 1 unspecified atom stereocenters. The summed E-state index contributed by atoms with van der Waals surface area (Å²) in [5, 5.41) is 2.64. The molecule has 1 atom stereocenters. The van der Waals surface area contributed by atoms with Crippen molar-refractivity contribution in [2.45, 2.75) is 5.41 Å². The van der Waals surface area contributed by atoms with E-state index in [2.05, 4.69) is 223 Å². The van der Waals surface area contributed by atoms with Gasteiger partial charge in [-0.15, -0.1) is 11.3 Å². The number of ether oxygens (including phenoxy) is 1. The molecule has 64 heavy (non-hydrogen) atoms. The summed E-state index contributed by atoms with van der Waals surface area (Å²) >= 11 is 1.92. The summed E-state index contributed by atoms with van der Waals surface area (Å²) in [5.74, 6) is 1.72. The van der Waals surface area contributed by atoms with Gasteiger partial charge in [-0.2, -0.15) is 0 Å². The third kappa shape index (κ3) is 4.85. The van der Waals surface area contributed by atoms with E-state index in [-0.39, 0.29) is 0 Å². The molecular weight excluding hydrogens is 795 g/mol. The van der Waals surface area contributed by atoms with Gasteiger partial charge in [0, 0.05) is 53.9 Å². The van der Waals surface area contributed by atoms with Crippen molar-refractivity contribution in [2.24, 2.45) is 0 Å². The van der Waals surface area contributed by atoms with Crippen LogP contribution in [0, 0.1) is 0 Å². The van der Waals surface area contributed by atoms with Crippen molar-refractivity contribution in [1.82, 2.24) is 0 Å². The molecule has 3 aliphatic rings. The maximum Gasteiger partial charge on any atom is 0.135 e. The zero-order valence-corrected chi connectivity index (χ0v) is 35.4. The van der Waals surface area contributed by atoms with E-state index in [1.807, 2.05) is 17.4 Å². The van der Waals surface area contributed by atoms with Crippen molar-refractivity contribution in [1.29, 1.82) is 0 Å². The number of fused-ring (bicyclic) bond motifs is 21. The Labute approximate surface area is 375 Å². The monoisotopic (exact) mass is 831 g/mol. The van der Waals surface area contributed by atoms with E-state index < -0.39 is 5.41 Å². The molecule has 0 radical (unpaired) electrons. The number of nitrogens with zero attached hydrogens (tertiary/aromatic N) is 1. The number of thiophene rings is 1. The van der Waals surface area contributed by atoms with Crippen LogP contribution in [0.1, 0.15) is 22.3 Å². The Morgan fingerprint density at radius 1 is 0.328 bits per heavy atom. The minimum absolute atomic E-state index is 0.585. The number of benzene rings is 10. The summed E-state index contributed by atoms with van der Waals surface area (Å²) in [5.41, 5.74) is 20.0. The first-order valence-electron chi connectivity index (χ1n) is 22.0. The van der Waals surface area contributed by atoms with E-state index in [0.717, 1.165) is 50.8 Å². The van der Waals surface area contributed by atoms with Crippen molar-refractivity contribution < 1.29 is 4.74 Å². The van der Waals surface area contributed by atoms with Gasteiger partial charge in [-0.3, -0.25) is 0 Å². The van der Waals surface area contributed by atoms with Crippen molar-refractivity contribution in [3.05, 3.63) is 247 Å². The first-order chi connectivity index (χ1) is 31.8. The molecule has 10 aromatic carbocycles. The van der Waals surface area contributed by atoms with Crippen molar-refractivity contribution in [3.63, 3.8) is 0 Å². The van der Waals surface area contributed by atoms with Crippen LogP contribution in [-0.4, -0.2) is 0 Å². The highest BCUT2D eigenvalue weighted by atomic mass is 32.1. The Bertz CT molecular complexity index is 3730. The quantitative estimate of drug-likeness (QED) is 0.176. The lowest BCUT2D eigenvalue weighted by Crippen LogP contribution is -2.29. The third-order valence-electron chi connectivity index (χ3n) is 13.9. The van der Waals surface area contributed by atoms with Gasteiger partial charge in [0.25, 0.3) is 0 Å². The minimum Gasteiger partial charge on any atom is -0.456 e. The second-order valence-electron chi connectivity index (χ2n) is 17.1. The molecule has 0 bridgehead atoms. The Morgan fingerprint density at radius 3 is 1.61 bits per heavy atom. The second-order valence-corrected chi connectivity index (χ2v) is 18.1. The first-order valence-corrected chi connectivity index (χ1v) is 22.8. The van der Waals surface area contributed by atoms with E-state index >= 15 is 0 Å². The normalized spacial score (nSPS) is 14.8. The topological polar surface area (TPSA) is 12.5 Å². The van der Waals surface area contributed by atoms with Crippen LogP contribution in [0.15, 0.2) is 224 Å². The van der Waals surface area contributed by atoms with Gasteiger partial charge in [0.1, 0.15) is 11.5 Å². The molecule has 2 aliphatic carbocycles. The summed E-state index contributed by atoms with van der Waals surface area (Å²) < 4.78 is 9.29. The van der Waals surface area contributed by atoms with E-state index in [1.54, 1.807) is 0 Å². The number of hydrogen-bond donors (Lipinski definition) is 0. The van der Waals surface area contributed by atoms with Crippen molar-refractivity contribution in [3.8, 4) is 67.1 Å². The van der Waals surface area contributed by atoms with E-state index in [4.69, 9.17) is 4.74 Å². The predicted molar refractivity (Wildman–Crippen MR) is 267 cm³/mol. The average molecular weight is 832 g/mol. The van der Waals surface area contributed by atoms with Crippen LogP contribution in [0.25, 0.3) is 75.8 Å². The van der Waals surface area contributed by atoms with Crippen molar-refractivity contribution >= 4 is 48.6 Å². The Hall–Kier alpha value is -7.98. The number of hydrogen-bond acceptors (Lipinski definition) is 3. The maximum atomic E-state index is 6.61. The molecule has 2 heterocycles. The molecule has 1 aliphatic heterocycles. The maximum absolute atomic E-state index is 6.61. The zero-order chi connectivity index (χ0) is 41.9. The van der Waals surface area contributed by atoms with Gasteiger partial charge in [-0.1, -0.05) is 170 Å². The number of anilines is 3. The fourth-order valence-corrected chi connectivity index (χ4v) is 12.6. The van der Waals surface area contributed by atoms with Gasteiger partial charge in [0.15, 0.2) is 0 Å². The molecular formula is C61H37NOS. The Morgan fingerprint density at radius 2 is 0.844 bits per heavy atom. The van der Waals surface area contributed by atoms with Crippen LogP contribution in [0.4, 0.5) is 17.1 Å². The van der Waals surface area contributed by atoms with Crippen LogP contribution in [0.3, 0.4) is 0 Å². The fourth-order valence-electron chi connectivity index (χ4n) is 11.3. The van der Waals surface area contributed by atoms with Crippen LogP contribution in [0.2, 0.25) is 0 Å². The Balaban J connectivity index is 1.06. The predicted octanol–water partition coefficient (Wildman–Crippen LogP) is 17.0. The fraction of sp³-hybridized carbons (Fsp3) is 0.0164. The van der Waals surface area contributed by atoms with Gasteiger partial charge in [0.05, 0.1) is 5.41 Å². The number of para-hydroxylation sites is 3. The molecule has 0 N–H and O–H groups in total. The standard InChI is InChI=1S/C61H37NOS/c1-2-16-38(17-3-1)62(39-30-32-43-45-21-8-13-27-56(45)63-57-28-14-9-22-46(57)50(43)36-39)40-31-34-54-51(37-40)42-19-5-4-18-41(42)44-20-6-11-25-52(44)61(54)53-26-12-7-24-49(53)59-55(61)35-33-48-47-23-10-15-29-58(47)64-60(48)59/h1-37H. The molecule has 0 saturated heterocycles. The summed E-state index contributed by atoms with van der Waals surface area (Å²) in [4.78, 5) is 2.42. The highest BCUT2D eigenvalue weighted by molar-refractivity contribution is 7.26. The molecule has 1 aromatic heterocycles. The highest BCUT2D eigenvalue weighted by Crippen LogP contribution is 2.64. The molecule has 298 valence electrons. The lowest BCUT2D eigenvalue weighted by atomic mass is 9.66. The smallest absolute Gasteiger partial charge is 0.135 e. The summed E-state index contributed by atoms with van der Waals surface area (Å²) in [6.07, 6.45) is 0. The van der Waals surface area contributed by atoms with Crippen LogP contribution < -0.4 is 9.64 Å². The zero-order valence-electron chi connectivity index (χ0n) is 34.6. The summed E-state index contributed by atoms with van der Waals surface area (Å²) in [7, 11) is 0. The molecule has 14 rings (SSSR count). The van der Waals surface area contributed by atoms with Gasteiger partial charge >= 0.3 is 0 Å². The van der Waals surface area contributed by atoms with Gasteiger partial charge in [0.2, 0.25) is 0 Å². The van der Waals surface area contributed by atoms with Gasteiger partial charge < -0.3 is 9.64 Å². The molecule has 1 spiro atoms. The van der Waals surface area contributed by atoms with E-state index in [0.29, 0.717) is 0 Å². The lowest BCUT2D eigenvalue weighted by Gasteiger charge is -2.36. The number of rotatable bonds is 3. The van der Waals surface area contributed by atoms with E-state index in [9.17, 15) is 0 Å². The SMILES string of the molecule is c1ccc(N(c2ccc3c(c2)-c2ccccc2Oc2ccccc2-3)c2ccc3c(c2)-c2ccccc2-c2ccccc2C32c3ccccc3-c3c2ccc2c3sc3ccccc32)cc1. The van der Waals surface area contributed by atoms with Crippen LogP contribution >= 0.6 is 11.3 Å². The molecule has 0 amide bonds. The van der Waals surface area contributed by atoms with Crippen molar-refractivity contribution in [2.75, 3.05) is 4.90 Å². The largest absolute Gasteiger partial charge is 0.456 e.